The zero-order chi connectivity index (χ0) is 12.0. The molecule has 0 spiro atoms. The molecule has 1 aromatic rings. The smallest absolute Gasteiger partial charge is 0.120 e. The first kappa shape index (κ1) is 12.0. The van der Waals surface area contributed by atoms with Gasteiger partial charge in [-0.2, -0.15) is 0 Å². The summed E-state index contributed by atoms with van der Waals surface area (Å²) < 4.78 is 0. The zero-order valence-electron chi connectivity index (χ0n) is 9.49. The Morgan fingerprint density at radius 3 is 2.75 bits per heavy atom. The van der Waals surface area contributed by atoms with Gasteiger partial charge in [0, 0.05) is 36.4 Å². The highest BCUT2D eigenvalue weighted by molar-refractivity contribution is 5.75. The Balaban J connectivity index is 3.16. The Kier molecular flexibility index (Phi) is 4.27. The minimum absolute atomic E-state index is 0.227. The third kappa shape index (κ3) is 2.70. The molecule has 16 heavy (non-hydrogen) atoms. The minimum atomic E-state index is 0.227. The van der Waals surface area contributed by atoms with Crippen molar-refractivity contribution in [2.45, 2.75) is 6.92 Å². The molecule has 0 bridgehead atoms. The molecule has 0 saturated carbocycles. The number of hydrogen-bond acceptors (Lipinski definition) is 4. The molecule has 0 aliphatic rings. The van der Waals surface area contributed by atoms with Crippen molar-refractivity contribution in [3.05, 3.63) is 42.2 Å². The van der Waals surface area contributed by atoms with Gasteiger partial charge in [0.15, 0.2) is 0 Å². The molecule has 0 saturated heterocycles. The van der Waals surface area contributed by atoms with Crippen LogP contribution in [-0.2, 0) is 0 Å². The summed E-state index contributed by atoms with van der Waals surface area (Å²) in [5, 5.41) is 15.8. The van der Waals surface area contributed by atoms with Gasteiger partial charge in [-0.1, -0.05) is 0 Å². The SMILES string of the molecule is C/C=C(\O)c1cc(NC)ccc1N/C=C/N. The molecule has 0 amide bonds. The van der Waals surface area contributed by atoms with Crippen molar-refractivity contribution in [2.75, 3.05) is 17.7 Å². The number of nitrogens with one attached hydrogen (secondary N) is 2. The van der Waals surface area contributed by atoms with E-state index in [0.29, 0.717) is 0 Å². The van der Waals surface area contributed by atoms with Crippen LogP contribution in [0.4, 0.5) is 11.4 Å². The average Bonchev–Trinajstić information content (AvgIpc) is 2.35. The highest BCUT2D eigenvalue weighted by atomic mass is 16.3. The van der Waals surface area contributed by atoms with Gasteiger partial charge in [0.2, 0.25) is 0 Å². The van der Waals surface area contributed by atoms with E-state index in [0.717, 1.165) is 16.9 Å². The molecule has 0 aromatic heterocycles. The second-order valence-corrected chi connectivity index (χ2v) is 3.19. The lowest BCUT2D eigenvalue weighted by Crippen LogP contribution is -1.97. The van der Waals surface area contributed by atoms with Crippen molar-refractivity contribution in [1.82, 2.24) is 0 Å². The van der Waals surface area contributed by atoms with Gasteiger partial charge in [0.25, 0.3) is 0 Å². The number of aliphatic hydroxyl groups excluding tert-OH is 1. The number of benzene rings is 1. The van der Waals surface area contributed by atoms with Crippen LogP contribution in [0, 0.1) is 0 Å². The standard InChI is InChI=1S/C12H17N3O/c1-3-12(16)10-8-9(14-2)4-5-11(10)15-7-6-13/h3-8,14-16H,13H2,1-2H3/b7-6+,12-3-. The summed E-state index contributed by atoms with van der Waals surface area (Å²) in [6.07, 6.45) is 4.66. The van der Waals surface area contributed by atoms with Crippen LogP contribution >= 0.6 is 0 Å². The van der Waals surface area contributed by atoms with E-state index < -0.39 is 0 Å². The fourth-order valence-electron chi connectivity index (χ4n) is 1.33. The Bertz CT molecular complexity index is 411. The molecule has 0 heterocycles. The average molecular weight is 219 g/mol. The summed E-state index contributed by atoms with van der Waals surface area (Å²) >= 11 is 0. The maximum absolute atomic E-state index is 9.77. The highest BCUT2D eigenvalue weighted by Gasteiger charge is 2.05. The Morgan fingerprint density at radius 2 is 2.19 bits per heavy atom. The van der Waals surface area contributed by atoms with Crippen LogP contribution in [0.1, 0.15) is 12.5 Å². The molecule has 1 rings (SSSR count). The van der Waals surface area contributed by atoms with Crippen LogP contribution in [0.5, 0.6) is 0 Å². The summed E-state index contributed by atoms with van der Waals surface area (Å²) in [7, 11) is 1.83. The van der Waals surface area contributed by atoms with Gasteiger partial charge < -0.3 is 21.5 Å². The van der Waals surface area contributed by atoms with Gasteiger partial charge in [0.05, 0.1) is 0 Å². The van der Waals surface area contributed by atoms with Gasteiger partial charge >= 0.3 is 0 Å². The van der Waals surface area contributed by atoms with Crippen molar-refractivity contribution in [1.29, 1.82) is 0 Å². The second-order valence-electron chi connectivity index (χ2n) is 3.19. The Morgan fingerprint density at radius 1 is 1.44 bits per heavy atom. The predicted molar refractivity (Wildman–Crippen MR) is 69.2 cm³/mol. The van der Waals surface area contributed by atoms with Crippen LogP contribution in [0.2, 0.25) is 0 Å². The van der Waals surface area contributed by atoms with Gasteiger partial charge in [-0.05, 0) is 31.2 Å². The fraction of sp³-hybridized carbons (Fsp3) is 0.167. The summed E-state index contributed by atoms with van der Waals surface area (Å²) in [4.78, 5) is 0. The van der Waals surface area contributed by atoms with E-state index in [4.69, 9.17) is 5.73 Å². The molecular formula is C12H17N3O. The van der Waals surface area contributed by atoms with E-state index in [9.17, 15) is 5.11 Å². The monoisotopic (exact) mass is 219 g/mol. The molecule has 0 aliphatic heterocycles. The maximum atomic E-state index is 9.77. The lowest BCUT2D eigenvalue weighted by Gasteiger charge is -2.11. The summed E-state index contributed by atoms with van der Waals surface area (Å²) in [6, 6.07) is 5.65. The molecule has 1 aromatic carbocycles. The second kappa shape index (κ2) is 5.70. The Labute approximate surface area is 95.5 Å². The van der Waals surface area contributed by atoms with Crippen molar-refractivity contribution >= 4 is 17.1 Å². The van der Waals surface area contributed by atoms with E-state index >= 15 is 0 Å². The topological polar surface area (TPSA) is 70.3 Å². The minimum Gasteiger partial charge on any atom is -0.508 e. The molecule has 5 N–H and O–H groups in total. The summed E-state index contributed by atoms with van der Waals surface area (Å²) in [6.45, 7) is 1.78. The van der Waals surface area contributed by atoms with Crippen LogP contribution in [0.25, 0.3) is 5.76 Å². The van der Waals surface area contributed by atoms with E-state index in [-0.39, 0.29) is 5.76 Å². The van der Waals surface area contributed by atoms with Crippen LogP contribution < -0.4 is 16.4 Å². The first-order valence-electron chi connectivity index (χ1n) is 5.03. The van der Waals surface area contributed by atoms with E-state index in [1.54, 1.807) is 19.2 Å². The molecule has 86 valence electrons. The molecular weight excluding hydrogens is 202 g/mol. The van der Waals surface area contributed by atoms with Crippen molar-refractivity contribution in [2.24, 2.45) is 5.73 Å². The lowest BCUT2D eigenvalue weighted by molar-refractivity contribution is 0.511. The number of allylic oxidation sites excluding steroid dienone is 1. The van der Waals surface area contributed by atoms with Gasteiger partial charge in [-0.15, -0.1) is 0 Å². The van der Waals surface area contributed by atoms with E-state index in [1.807, 2.05) is 25.2 Å². The Hall–Kier alpha value is -2.10. The molecule has 0 fully saturated rings. The molecule has 0 atom stereocenters. The number of hydrogen-bond donors (Lipinski definition) is 4. The predicted octanol–water partition coefficient (Wildman–Crippen LogP) is 2.49. The number of rotatable bonds is 4. The quantitative estimate of drug-likeness (QED) is 0.587. The van der Waals surface area contributed by atoms with Crippen LogP contribution in [0.15, 0.2) is 36.7 Å². The lowest BCUT2D eigenvalue weighted by atomic mass is 10.1. The van der Waals surface area contributed by atoms with Crippen molar-refractivity contribution < 1.29 is 5.11 Å². The molecule has 0 radical (unpaired) electrons. The molecule has 4 nitrogen and oxygen atoms in total. The zero-order valence-corrected chi connectivity index (χ0v) is 9.49. The van der Waals surface area contributed by atoms with Gasteiger partial charge in [0.1, 0.15) is 5.76 Å². The molecule has 4 heteroatoms. The van der Waals surface area contributed by atoms with Crippen LogP contribution in [-0.4, -0.2) is 12.2 Å². The first-order chi connectivity index (χ1) is 7.72. The fourth-order valence-corrected chi connectivity index (χ4v) is 1.33. The van der Waals surface area contributed by atoms with Crippen molar-refractivity contribution in [3.63, 3.8) is 0 Å². The highest BCUT2D eigenvalue weighted by Crippen LogP contribution is 2.25. The van der Waals surface area contributed by atoms with Crippen molar-refractivity contribution in [3.8, 4) is 0 Å². The number of anilines is 2. The maximum Gasteiger partial charge on any atom is 0.120 e. The van der Waals surface area contributed by atoms with E-state index in [2.05, 4.69) is 10.6 Å². The normalized spacial score (nSPS) is 11.8. The molecule has 0 unspecified atom stereocenters. The third-order valence-electron chi connectivity index (χ3n) is 2.19. The number of aliphatic hydroxyl groups is 1. The third-order valence-corrected chi connectivity index (χ3v) is 2.19. The van der Waals surface area contributed by atoms with E-state index in [1.165, 1.54) is 6.20 Å². The largest absolute Gasteiger partial charge is 0.508 e. The number of nitrogens with two attached hydrogens (primary N) is 1. The molecule has 0 aliphatic carbocycles. The summed E-state index contributed by atoms with van der Waals surface area (Å²) in [5.74, 6) is 0.227. The van der Waals surface area contributed by atoms with Gasteiger partial charge in [-0.25, -0.2) is 0 Å². The first-order valence-corrected chi connectivity index (χ1v) is 5.03. The van der Waals surface area contributed by atoms with Crippen LogP contribution in [0.3, 0.4) is 0 Å². The summed E-state index contributed by atoms with van der Waals surface area (Å²) in [5.41, 5.74) is 7.73. The van der Waals surface area contributed by atoms with Gasteiger partial charge in [-0.3, -0.25) is 0 Å².